The van der Waals surface area contributed by atoms with Gasteiger partial charge in [-0.2, -0.15) is 5.10 Å². The van der Waals surface area contributed by atoms with E-state index in [9.17, 15) is 0 Å². The summed E-state index contributed by atoms with van der Waals surface area (Å²) in [6.45, 7) is 3.38. The van der Waals surface area contributed by atoms with E-state index in [1.807, 2.05) is 23.9 Å². The van der Waals surface area contributed by atoms with Gasteiger partial charge in [0.2, 0.25) is 0 Å². The molecule has 0 radical (unpaired) electrons. The molecule has 2 aromatic rings. The number of benzene rings is 1. The zero-order valence-corrected chi connectivity index (χ0v) is 10.6. The molecule has 0 aliphatic carbocycles. The van der Waals surface area contributed by atoms with Crippen molar-refractivity contribution in [2.24, 2.45) is 0 Å². The average molecular weight is 247 g/mol. The van der Waals surface area contributed by atoms with Crippen LogP contribution in [0.3, 0.4) is 0 Å². The van der Waals surface area contributed by atoms with Crippen LogP contribution in [-0.4, -0.2) is 16.9 Å². The Morgan fingerprint density at radius 2 is 2.22 bits per heavy atom. The van der Waals surface area contributed by atoms with Crippen molar-refractivity contribution in [2.45, 2.75) is 20.1 Å². The number of nitrogens with two attached hydrogens (primary N) is 1. The van der Waals surface area contributed by atoms with Gasteiger partial charge in [-0.1, -0.05) is 0 Å². The highest BCUT2D eigenvalue weighted by Gasteiger charge is 2.03. The number of hydrogen-bond donors (Lipinski definition) is 1. The maximum Gasteiger partial charge on any atom is 0.142 e. The number of ether oxygens (including phenoxy) is 2. The minimum absolute atomic E-state index is 0.478. The number of methoxy groups -OCH3 is 1. The van der Waals surface area contributed by atoms with Gasteiger partial charge in [-0.05, 0) is 19.1 Å². The number of anilines is 1. The van der Waals surface area contributed by atoms with Crippen molar-refractivity contribution >= 4 is 5.69 Å². The van der Waals surface area contributed by atoms with Crippen LogP contribution < -0.4 is 15.2 Å². The van der Waals surface area contributed by atoms with E-state index < -0.39 is 0 Å². The number of rotatable bonds is 5. The molecule has 0 aliphatic heterocycles. The Labute approximate surface area is 106 Å². The van der Waals surface area contributed by atoms with Crippen LogP contribution in [0.15, 0.2) is 30.6 Å². The van der Waals surface area contributed by atoms with Crippen LogP contribution in [0.4, 0.5) is 5.69 Å². The summed E-state index contributed by atoms with van der Waals surface area (Å²) in [5.41, 5.74) is 7.41. The zero-order valence-electron chi connectivity index (χ0n) is 10.6. The number of nitrogen functional groups attached to an aromatic ring is 1. The van der Waals surface area contributed by atoms with Crippen LogP contribution in [0.1, 0.15) is 12.5 Å². The van der Waals surface area contributed by atoms with E-state index in [1.54, 1.807) is 25.4 Å². The third-order valence-electron chi connectivity index (χ3n) is 2.62. The van der Waals surface area contributed by atoms with E-state index >= 15 is 0 Å². The van der Waals surface area contributed by atoms with E-state index in [0.29, 0.717) is 18.0 Å². The SMILES string of the molecule is CCn1cc(COc2ccc(OC)c(N)c2)cn1. The highest BCUT2D eigenvalue weighted by molar-refractivity contribution is 5.56. The summed E-state index contributed by atoms with van der Waals surface area (Å²) in [6, 6.07) is 5.38. The second-order valence-corrected chi connectivity index (χ2v) is 3.90. The Morgan fingerprint density at radius 1 is 1.39 bits per heavy atom. The molecular weight excluding hydrogens is 230 g/mol. The molecule has 0 fully saturated rings. The second kappa shape index (κ2) is 5.44. The summed E-state index contributed by atoms with van der Waals surface area (Å²) in [4.78, 5) is 0. The molecule has 0 atom stereocenters. The fourth-order valence-electron chi connectivity index (χ4n) is 1.62. The van der Waals surface area contributed by atoms with E-state index in [0.717, 1.165) is 17.9 Å². The van der Waals surface area contributed by atoms with Crippen molar-refractivity contribution in [2.75, 3.05) is 12.8 Å². The Balaban J connectivity index is 1.99. The molecule has 5 nitrogen and oxygen atoms in total. The first-order chi connectivity index (χ1) is 8.72. The van der Waals surface area contributed by atoms with Crippen LogP contribution in [0.2, 0.25) is 0 Å². The average Bonchev–Trinajstić information content (AvgIpc) is 2.84. The summed E-state index contributed by atoms with van der Waals surface area (Å²) in [5, 5.41) is 4.18. The van der Waals surface area contributed by atoms with Crippen molar-refractivity contribution in [1.29, 1.82) is 0 Å². The third-order valence-corrected chi connectivity index (χ3v) is 2.62. The highest BCUT2D eigenvalue weighted by atomic mass is 16.5. The molecule has 2 rings (SSSR count). The first-order valence-corrected chi connectivity index (χ1v) is 5.80. The van der Waals surface area contributed by atoms with Crippen molar-refractivity contribution in [3.05, 3.63) is 36.2 Å². The van der Waals surface area contributed by atoms with Crippen LogP contribution in [0.25, 0.3) is 0 Å². The normalized spacial score (nSPS) is 10.3. The molecule has 0 unspecified atom stereocenters. The van der Waals surface area contributed by atoms with Gasteiger partial charge in [-0.25, -0.2) is 0 Å². The molecule has 96 valence electrons. The fourth-order valence-corrected chi connectivity index (χ4v) is 1.62. The van der Waals surface area contributed by atoms with E-state index in [-0.39, 0.29) is 0 Å². The van der Waals surface area contributed by atoms with Gasteiger partial charge in [0.25, 0.3) is 0 Å². The first-order valence-electron chi connectivity index (χ1n) is 5.80. The maximum atomic E-state index is 5.81. The highest BCUT2D eigenvalue weighted by Crippen LogP contribution is 2.26. The van der Waals surface area contributed by atoms with Gasteiger partial charge in [0.15, 0.2) is 0 Å². The number of hydrogen-bond acceptors (Lipinski definition) is 4. The molecular formula is C13H17N3O2. The number of aryl methyl sites for hydroxylation is 1. The van der Waals surface area contributed by atoms with Gasteiger partial charge in [0.05, 0.1) is 19.0 Å². The van der Waals surface area contributed by atoms with Crippen molar-refractivity contribution in [3.63, 3.8) is 0 Å². The van der Waals surface area contributed by atoms with Gasteiger partial charge in [-0.15, -0.1) is 0 Å². The first kappa shape index (κ1) is 12.3. The molecule has 1 aromatic carbocycles. The minimum atomic E-state index is 0.478. The van der Waals surface area contributed by atoms with Gasteiger partial charge in [0, 0.05) is 24.4 Å². The lowest BCUT2D eigenvalue weighted by atomic mass is 10.3. The minimum Gasteiger partial charge on any atom is -0.495 e. The standard InChI is InChI=1S/C13H17N3O2/c1-3-16-8-10(7-15-16)9-18-11-4-5-13(17-2)12(14)6-11/h4-8H,3,9,14H2,1-2H3. The molecule has 5 heteroatoms. The summed E-state index contributed by atoms with van der Waals surface area (Å²) in [6.07, 6.45) is 3.77. The summed E-state index contributed by atoms with van der Waals surface area (Å²) in [5.74, 6) is 1.37. The van der Waals surface area contributed by atoms with Crippen molar-refractivity contribution in [1.82, 2.24) is 9.78 Å². The predicted octanol–water partition coefficient (Wildman–Crippen LogP) is 2.07. The van der Waals surface area contributed by atoms with Crippen LogP contribution in [-0.2, 0) is 13.2 Å². The molecule has 2 N–H and O–H groups in total. The number of aromatic nitrogens is 2. The molecule has 0 amide bonds. The number of nitrogens with zero attached hydrogens (tertiary/aromatic N) is 2. The maximum absolute atomic E-state index is 5.81. The summed E-state index contributed by atoms with van der Waals surface area (Å²) < 4.78 is 12.6. The fraction of sp³-hybridized carbons (Fsp3) is 0.308. The van der Waals surface area contributed by atoms with Gasteiger partial charge in [-0.3, -0.25) is 4.68 Å². The van der Waals surface area contributed by atoms with Crippen molar-refractivity contribution < 1.29 is 9.47 Å². The smallest absolute Gasteiger partial charge is 0.142 e. The summed E-state index contributed by atoms with van der Waals surface area (Å²) >= 11 is 0. The monoisotopic (exact) mass is 247 g/mol. The van der Waals surface area contributed by atoms with E-state index in [4.69, 9.17) is 15.2 Å². The lowest BCUT2D eigenvalue weighted by molar-refractivity contribution is 0.305. The summed E-state index contributed by atoms with van der Waals surface area (Å²) in [7, 11) is 1.59. The molecule has 0 saturated carbocycles. The molecule has 0 saturated heterocycles. The second-order valence-electron chi connectivity index (χ2n) is 3.90. The van der Waals surface area contributed by atoms with Crippen LogP contribution >= 0.6 is 0 Å². The Kier molecular flexibility index (Phi) is 3.72. The Hall–Kier alpha value is -2.17. The Morgan fingerprint density at radius 3 is 2.83 bits per heavy atom. The molecule has 0 spiro atoms. The van der Waals surface area contributed by atoms with Crippen molar-refractivity contribution in [3.8, 4) is 11.5 Å². The van der Waals surface area contributed by atoms with Gasteiger partial charge < -0.3 is 15.2 Å². The van der Waals surface area contributed by atoms with Gasteiger partial charge >= 0.3 is 0 Å². The lowest BCUT2D eigenvalue weighted by Crippen LogP contribution is -1.97. The quantitative estimate of drug-likeness (QED) is 0.822. The molecule has 1 heterocycles. The third kappa shape index (κ3) is 2.74. The molecule has 18 heavy (non-hydrogen) atoms. The molecule has 0 bridgehead atoms. The molecule has 0 aliphatic rings. The van der Waals surface area contributed by atoms with E-state index in [2.05, 4.69) is 5.10 Å². The molecule has 1 aromatic heterocycles. The van der Waals surface area contributed by atoms with Crippen LogP contribution in [0, 0.1) is 0 Å². The zero-order chi connectivity index (χ0) is 13.0. The Bertz CT molecular complexity index is 523. The lowest BCUT2D eigenvalue weighted by Gasteiger charge is -2.08. The van der Waals surface area contributed by atoms with Crippen LogP contribution in [0.5, 0.6) is 11.5 Å². The van der Waals surface area contributed by atoms with E-state index in [1.165, 1.54) is 0 Å². The topological polar surface area (TPSA) is 62.3 Å². The predicted molar refractivity (Wildman–Crippen MR) is 69.6 cm³/mol. The largest absolute Gasteiger partial charge is 0.495 e. The van der Waals surface area contributed by atoms with Gasteiger partial charge in [0.1, 0.15) is 18.1 Å².